The number of carbonyl (C=O) groups is 1. The third kappa shape index (κ3) is 4.49. The summed E-state index contributed by atoms with van der Waals surface area (Å²) in [5, 5.41) is 9.46. The number of para-hydroxylation sites is 1. The second-order valence-electron chi connectivity index (χ2n) is 7.49. The molecule has 1 aromatic carbocycles. The SMILES string of the molecule is CCc1cccc(C)c1NS(=O)(=O)c1cc(-c2nnc(C(=O)N3CCCCC3)o2)cs1. The molecule has 3 aromatic rings. The topological polar surface area (TPSA) is 105 Å². The number of carbonyl (C=O) groups excluding carboxylic acids is 1. The molecular formula is C21H24N4O4S2. The molecule has 164 valence electrons. The number of benzene rings is 1. The molecule has 1 fully saturated rings. The van der Waals surface area contributed by atoms with Crippen molar-refractivity contribution in [2.24, 2.45) is 0 Å². The van der Waals surface area contributed by atoms with E-state index in [2.05, 4.69) is 14.9 Å². The van der Waals surface area contributed by atoms with Crippen molar-refractivity contribution in [1.82, 2.24) is 15.1 Å². The van der Waals surface area contributed by atoms with Crippen LogP contribution in [0.5, 0.6) is 0 Å². The van der Waals surface area contributed by atoms with Crippen LogP contribution in [0.15, 0.2) is 38.3 Å². The second-order valence-corrected chi connectivity index (χ2v) is 10.3. The summed E-state index contributed by atoms with van der Waals surface area (Å²) in [6, 6.07) is 7.17. The number of nitrogens with one attached hydrogen (secondary N) is 1. The Balaban J connectivity index is 1.54. The van der Waals surface area contributed by atoms with Crippen LogP contribution in [-0.2, 0) is 16.4 Å². The maximum atomic E-state index is 13.0. The summed E-state index contributed by atoms with van der Waals surface area (Å²) >= 11 is 1.06. The first-order valence-corrected chi connectivity index (χ1v) is 12.6. The Morgan fingerprint density at radius 3 is 2.74 bits per heavy atom. The number of thiophene rings is 1. The largest absolute Gasteiger partial charge is 0.412 e. The first kappa shape index (κ1) is 21.5. The van der Waals surface area contributed by atoms with Gasteiger partial charge in [0, 0.05) is 18.5 Å². The van der Waals surface area contributed by atoms with Gasteiger partial charge in [0.05, 0.1) is 11.3 Å². The Hall–Kier alpha value is -2.72. The fraction of sp³-hybridized carbons (Fsp3) is 0.381. The van der Waals surface area contributed by atoms with Gasteiger partial charge in [-0.3, -0.25) is 9.52 Å². The van der Waals surface area contributed by atoms with Crippen LogP contribution in [0.3, 0.4) is 0 Å². The van der Waals surface area contributed by atoms with E-state index in [-0.39, 0.29) is 21.9 Å². The second kappa shape index (κ2) is 8.80. The van der Waals surface area contributed by atoms with E-state index in [1.54, 1.807) is 10.3 Å². The number of nitrogens with zero attached hydrogens (tertiary/aromatic N) is 3. The van der Waals surface area contributed by atoms with Gasteiger partial charge in [-0.25, -0.2) is 8.42 Å². The smallest absolute Gasteiger partial charge is 0.311 e. The fourth-order valence-corrected chi connectivity index (χ4v) is 5.91. The summed E-state index contributed by atoms with van der Waals surface area (Å²) < 4.78 is 34.3. The monoisotopic (exact) mass is 460 g/mol. The average Bonchev–Trinajstić information content (AvgIpc) is 3.45. The highest BCUT2D eigenvalue weighted by Gasteiger charge is 2.25. The number of aryl methyl sites for hydroxylation is 2. The molecule has 0 spiro atoms. The molecule has 1 amide bonds. The lowest BCUT2D eigenvalue weighted by atomic mass is 10.1. The van der Waals surface area contributed by atoms with Gasteiger partial charge in [-0.2, -0.15) is 0 Å². The van der Waals surface area contributed by atoms with E-state index >= 15 is 0 Å². The predicted octanol–water partition coefficient (Wildman–Crippen LogP) is 4.10. The normalized spacial score (nSPS) is 14.6. The van der Waals surface area contributed by atoms with Crippen molar-refractivity contribution in [3.63, 3.8) is 0 Å². The quantitative estimate of drug-likeness (QED) is 0.594. The third-order valence-electron chi connectivity index (χ3n) is 5.31. The third-order valence-corrected chi connectivity index (χ3v) is 8.10. The van der Waals surface area contributed by atoms with E-state index in [0.29, 0.717) is 30.8 Å². The Morgan fingerprint density at radius 1 is 1.23 bits per heavy atom. The van der Waals surface area contributed by atoms with Gasteiger partial charge in [0.1, 0.15) is 4.21 Å². The highest BCUT2D eigenvalue weighted by molar-refractivity contribution is 7.94. The number of hydrogen-bond acceptors (Lipinski definition) is 7. The van der Waals surface area contributed by atoms with Crippen molar-refractivity contribution in [1.29, 1.82) is 0 Å². The van der Waals surface area contributed by atoms with E-state index in [1.165, 1.54) is 6.07 Å². The molecule has 2 aromatic heterocycles. The van der Waals surface area contributed by atoms with Crippen molar-refractivity contribution < 1.29 is 17.6 Å². The number of rotatable bonds is 6. The van der Waals surface area contributed by atoms with E-state index in [1.807, 2.05) is 32.0 Å². The molecule has 1 aliphatic heterocycles. The molecule has 0 radical (unpaired) electrons. The molecule has 4 rings (SSSR count). The average molecular weight is 461 g/mol. The van der Waals surface area contributed by atoms with Crippen LogP contribution < -0.4 is 4.72 Å². The summed E-state index contributed by atoms with van der Waals surface area (Å²) in [5.74, 6) is -0.226. The minimum Gasteiger partial charge on any atom is -0.412 e. The molecule has 0 unspecified atom stereocenters. The van der Waals surface area contributed by atoms with Crippen LogP contribution in [0.2, 0.25) is 0 Å². The lowest BCUT2D eigenvalue weighted by Gasteiger charge is -2.24. The van der Waals surface area contributed by atoms with E-state index in [9.17, 15) is 13.2 Å². The van der Waals surface area contributed by atoms with Gasteiger partial charge in [-0.05, 0) is 49.8 Å². The van der Waals surface area contributed by atoms with Crippen molar-refractivity contribution in [2.75, 3.05) is 17.8 Å². The maximum Gasteiger partial charge on any atom is 0.311 e. The molecule has 3 heterocycles. The summed E-state index contributed by atoms with van der Waals surface area (Å²) in [5.41, 5.74) is 2.86. The van der Waals surface area contributed by atoms with Gasteiger partial charge in [-0.1, -0.05) is 25.1 Å². The molecule has 0 atom stereocenters. The van der Waals surface area contributed by atoms with E-state index in [4.69, 9.17) is 4.42 Å². The molecule has 0 saturated carbocycles. The zero-order valence-corrected chi connectivity index (χ0v) is 19.1. The maximum absolute atomic E-state index is 13.0. The minimum atomic E-state index is -3.78. The van der Waals surface area contributed by atoms with Gasteiger partial charge in [0.25, 0.3) is 10.0 Å². The Bertz CT molecular complexity index is 1190. The van der Waals surface area contributed by atoms with Gasteiger partial charge < -0.3 is 9.32 Å². The molecule has 10 heteroatoms. The van der Waals surface area contributed by atoms with Crippen molar-refractivity contribution >= 4 is 33.0 Å². The molecule has 0 bridgehead atoms. The molecule has 1 aliphatic rings. The lowest BCUT2D eigenvalue weighted by molar-refractivity contribution is 0.0684. The number of sulfonamides is 1. The molecule has 1 N–H and O–H groups in total. The molecule has 1 saturated heterocycles. The number of likely N-dealkylation sites (tertiary alicyclic amines) is 1. The zero-order valence-electron chi connectivity index (χ0n) is 17.4. The van der Waals surface area contributed by atoms with Crippen LogP contribution in [-0.4, -0.2) is 42.5 Å². The molecule has 8 nitrogen and oxygen atoms in total. The van der Waals surface area contributed by atoms with Crippen molar-refractivity contribution in [2.45, 2.75) is 43.7 Å². The molecular weight excluding hydrogens is 436 g/mol. The summed E-state index contributed by atoms with van der Waals surface area (Å²) in [6.07, 6.45) is 3.75. The van der Waals surface area contributed by atoms with Crippen LogP contribution >= 0.6 is 11.3 Å². The Morgan fingerprint density at radius 2 is 2.00 bits per heavy atom. The molecule has 31 heavy (non-hydrogen) atoms. The number of hydrogen-bond donors (Lipinski definition) is 1. The van der Waals surface area contributed by atoms with Gasteiger partial charge in [0.2, 0.25) is 5.89 Å². The fourth-order valence-electron chi connectivity index (χ4n) is 3.58. The van der Waals surface area contributed by atoms with Crippen LogP contribution in [0.4, 0.5) is 5.69 Å². The lowest BCUT2D eigenvalue weighted by Crippen LogP contribution is -2.35. The summed E-state index contributed by atoms with van der Waals surface area (Å²) in [6.45, 7) is 5.22. The minimum absolute atomic E-state index is 0.0712. The van der Waals surface area contributed by atoms with Crippen molar-refractivity contribution in [3.05, 3.63) is 46.7 Å². The molecule has 0 aliphatic carbocycles. The van der Waals surface area contributed by atoms with Crippen LogP contribution in [0.25, 0.3) is 11.5 Å². The van der Waals surface area contributed by atoms with E-state index < -0.39 is 10.0 Å². The zero-order chi connectivity index (χ0) is 22.0. The Kier molecular flexibility index (Phi) is 6.10. The first-order valence-electron chi connectivity index (χ1n) is 10.2. The highest BCUT2D eigenvalue weighted by Crippen LogP contribution is 2.31. The van der Waals surface area contributed by atoms with Gasteiger partial charge >= 0.3 is 11.8 Å². The number of piperidine rings is 1. The number of aromatic nitrogens is 2. The van der Waals surface area contributed by atoms with Gasteiger partial charge in [-0.15, -0.1) is 21.5 Å². The number of amides is 1. The van der Waals surface area contributed by atoms with Crippen molar-refractivity contribution in [3.8, 4) is 11.5 Å². The summed E-state index contributed by atoms with van der Waals surface area (Å²) in [4.78, 5) is 14.2. The number of anilines is 1. The van der Waals surface area contributed by atoms with E-state index in [0.717, 1.165) is 41.7 Å². The first-order chi connectivity index (χ1) is 14.9. The van der Waals surface area contributed by atoms with Crippen LogP contribution in [0.1, 0.15) is 48.0 Å². The standard InChI is InChI=1S/C21H24N4O4S2/c1-3-15-9-7-8-14(2)18(15)24-31(27,28)17-12-16(13-30-17)19-22-23-20(29-19)21(26)25-10-5-4-6-11-25/h7-9,12-13,24H,3-6,10-11H2,1-2H3. The van der Waals surface area contributed by atoms with Crippen LogP contribution in [0, 0.1) is 6.92 Å². The Labute approximate surface area is 185 Å². The predicted molar refractivity (Wildman–Crippen MR) is 119 cm³/mol. The highest BCUT2D eigenvalue weighted by atomic mass is 32.2. The van der Waals surface area contributed by atoms with Gasteiger partial charge in [0.15, 0.2) is 0 Å². The summed E-state index contributed by atoms with van der Waals surface area (Å²) in [7, 11) is -3.78.